The first-order valence-electron chi connectivity index (χ1n) is 10.2. The van der Waals surface area contributed by atoms with Crippen molar-refractivity contribution in [3.63, 3.8) is 0 Å². The van der Waals surface area contributed by atoms with Gasteiger partial charge in [0.15, 0.2) is 12.5 Å². The fourth-order valence-corrected chi connectivity index (χ4v) is 2.91. The number of fused-ring (bicyclic) bond motifs is 2. The zero-order valence-electron chi connectivity index (χ0n) is 18.8. The summed E-state index contributed by atoms with van der Waals surface area (Å²) in [5, 5.41) is 40.1. The maximum atomic E-state index is 10.5. The molecule has 2 aromatic carbocycles. The van der Waals surface area contributed by atoms with Crippen molar-refractivity contribution in [3.8, 4) is 0 Å². The molecule has 0 atom stereocenters. The van der Waals surface area contributed by atoms with Crippen LogP contribution in [0.1, 0.15) is 0 Å². The number of aliphatic hydroxyl groups excluding tert-OH is 2. The van der Waals surface area contributed by atoms with E-state index in [4.69, 9.17) is 10.2 Å². The largest absolute Gasteiger partial charge is 0.509 e. The Morgan fingerprint density at radius 1 is 0.703 bits per heavy atom. The van der Waals surface area contributed by atoms with Crippen LogP contribution in [0, 0.1) is 20.2 Å². The van der Waals surface area contributed by atoms with Crippen LogP contribution >= 0.6 is 0 Å². The Morgan fingerprint density at radius 3 is 1.43 bits per heavy atom. The molecule has 2 heterocycles. The number of aromatic nitrogens is 2. The zero-order chi connectivity index (χ0) is 25.9. The number of nitro groups is 2. The maximum absolute atomic E-state index is 10.5. The molecule has 4 rings (SSSR count). The van der Waals surface area contributed by atoms with Crippen molar-refractivity contribution < 1.29 is 36.8 Å². The summed E-state index contributed by atoms with van der Waals surface area (Å²) < 4.78 is 0. The van der Waals surface area contributed by atoms with Crippen molar-refractivity contribution in [1.29, 1.82) is 0 Å². The first-order chi connectivity index (χ1) is 17.4. The molecule has 0 fully saturated rings. The van der Waals surface area contributed by atoms with E-state index < -0.39 is 21.2 Å². The van der Waals surface area contributed by atoms with Crippen LogP contribution in [0.4, 0.5) is 11.4 Å². The van der Waals surface area contributed by atoms with Crippen molar-refractivity contribution in [3.05, 3.63) is 117 Å². The van der Waals surface area contributed by atoms with Crippen LogP contribution in [0.15, 0.2) is 107 Å². The van der Waals surface area contributed by atoms with Crippen molar-refractivity contribution in [2.24, 2.45) is 9.98 Å². The fourth-order valence-electron chi connectivity index (χ4n) is 2.91. The number of aliphatic hydroxyl groups is 2. The van der Waals surface area contributed by atoms with E-state index in [1.165, 1.54) is 0 Å². The summed E-state index contributed by atoms with van der Waals surface area (Å²) in [6, 6.07) is 18.0. The van der Waals surface area contributed by atoms with E-state index in [1.807, 2.05) is 24.3 Å². The summed E-state index contributed by atoms with van der Waals surface area (Å²) >= 11 is 0. The van der Waals surface area contributed by atoms with Crippen molar-refractivity contribution in [2.45, 2.75) is 0 Å². The van der Waals surface area contributed by atoms with Gasteiger partial charge in [0.2, 0.25) is 0 Å². The average Bonchev–Trinajstić information content (AvgIpc) is 2.89. The van der Waals surface area contributed by atoms with Crippen LogP contribution in [0.25, 0.3) is 21.8 Å². The summed E-state index contributed by atoms with van der Waals surface area (Å²) in [5.74, 6) is 0. The number of benzene rings is 2. The van der Waals surface area contributed by atoms with Crippen LogP contribution in [0.5, 0.6) is 0 Å². The predicted molar refractivity (Wildman–Crippen MR) is 135 cm³/mol. The number of rotatable bonds is 6. The Kier molecular flexibility index (Phi) is 10.5. The maximum Gasteiger partial charge on any atom is 0.321 e. The third kappa shape index (κ3) is 7.48. The second-order valence-corrected chi connectivity index (χ2v) is 6.84. The molecule has 0 saturated carbocycles. The normalized spacial score (nSPS) is 11.8. The van der Waals surface area contributed by atoms with Gasteiger partial charge in [-0.1, -0.05) is 36.4 Å². The second-order valence-electron chi connectivity index (χ2n) is 6.84. The van der Waals surface area contributed by atoms with E-state index in [-0.39, 0.29) is 16.8 Å². The van der Waals surface area contributed by atoms with Gasteiger partial charge in [0.05, 0.1) is 32.3 Å². The molecule has 4 aromatic rings. The van der Waals surface area contributed by atoms with Gasteiger partial charge in [-0.25, -0.2) is 9.98 Å². The van der Waals surface area contributed by atoms with E-state index in [0.717, 1.165) is 23.2 Å². The van der Waals surface area contributed by atoms with Gasteiger partial charge in [0.25, 0.3) is 0 Å². The molecule has 189 valence electrons. The zero-order valence-corrected chi connectivity index (χ0v) is 19.8. The van der Waals surface area contributed by atoms with Gasteiger partial charge in [-0.15, -0.1) is 0 Å². The average molecular weight is 545 g/mol. The second kappa shape index (κ2) is 13.8. The van der Waals surface area contributed by atoms with Crippen LogP contribution < -0.4 is 0 Å². The molecule has 2 N–H and O–H groups in total. The first-order valence-corrected chi connectivity index (χ1v) is 10.2. The smallest absolute Gasteiger partial charge is 0.321 e. The van der Waals surface area contributed by atoms with Gasteiger partial charge in [0, 0.05) is 39.9 Å². The Bertz CT molecular complexity index is 1410. The standard InChI is InChI=1S/2C12H9N3O3.Co/c2*16-8-10(15(17)18)7-14-11-5-1-3-9-4-2-6-13-12(9)11;/h2*1-8,16H;. The van der Waals surface area contributed by atoms with Gasteiger partial charge in [0.1, 0.15) is 12.4 Å². The molecule has 37 heavy (non-hydrogen) atoms. The van der Waals surface area contributed by atoms with Crippen LogP contribution in [-0.2, 0) is 16.8 Å². The van der Waals surface area contributed by atoms with Crippen molar-refractivity contribution in [1.82, 2.24) is 9.97 Å². The first kappa shape index (κ1) is 28.2. The molecule has 0 spiro atoms. The molecule has 0 saturated heterocycles. The molecule has 0 aliphatic carbocycles. The Hall–Kier alpha value is -5.01. The molecule has 0 aliphatic rings. The molecule has 1 radical (unpaired) electrons. The molecule has 0 bridgehead atoms. The molecule has 0 unspecified atom stereocenters. The summed E-state index contributed by atoms with van der Waals surface area (Å²) in [6.45, 7) is 0. The third-order valence-corrected chi connectivity index (χ3v) is 4.58. The van der Waals surface area contributed by atoms with E-state index in [9.17, 15) is 20.2 Å². The fraction of sp³-hybridized carbons (Fsp3) is 0. The number of allylic oxidation sites excluding steroid dienone is 2. The SMILES string of the molecule is O=[N+]([O-])C(C=Nc1cccc2cccnc12)=CO.O=[N+]([O-])C(C=Nc1cccc2cccnc12)=CO.[Co]. The molecule has 0 amide bonds. The minimum Gasteiger partial charge on any atom is -0.509 e. The number of nitrogens with zero attached hydrogens (tertiary/aromatic N) is 6. The molecular weight excluding hydrogens is 527 g/mol. The van der Waals surface area contributed by atoms with Gasteiger partial charge < -0.3 is 10.2 Å². The molecule has 13 heteroatoms. The van der Waals surface area contributed by atoms with Crippen molar-refractivity contribution in [2.75, 3.05) is 0 Å². The summed E-state index contributed by atoms with van der Waals surface area (Å²) in [5.41, 5.74) is 1.35. The minimum absolute atomic E-state index is 0. The van der Waals surface area contributed by atoms with Crippen LogP contribution in [-0.4, -0.2) is 42.5 Å². The monoisotopic (exact) mass is 545 g/mol. The quantitative estimate of drug-likeness (QED) is 0.143. The number of hydrogen-bond acceptors (Lipinski definition) is 10. The van der Waals surface area contributed by atoms with Crippen LogP contribution in [0.2, 0.25) is 0 Å². The Labute approximate surface area is 219 Å². The summed E-state index contributed by atoms with van der Waals surface area (Å²) in [7, 11) is 0. The number of pyridine rings is 2. The van der Waals surface area contributed by atoms with Gasteiger partial charge in [-0.05, 0) is 24.3 Å². The van der Waals surface area contributed by atoms with Crippen LogP contribution in [0.3, 0.4) is 0 Å². The number of hydrogen-bond donors (Lipinski definition) is 2. The predicted octanol–water partition coefficient (Wildman–Crippen LogP) is 5.22. The molecule has 12 nitrogen and oxygen atoms in total. The third-order valence-electron chi connectivity index (χ3n) is 4.58. The van der Waals surface area contributed by atoms with Crippen molar-refractivity contribution >= 4 is 45.6 Å². The summed E-state index contributed by atoms with van der Waals surface area (Å²) in [4.78, 5) is 35.8. The van der Waals surface area contributed by atoms with Gasteiger partial charge in [-0.2, -0.15) is 0 Å². The van der Waals surface area contributed by atoms with E-state index in [2.05, 4.69) is 20.0 Å². The Balaban J connectivity index is 0.000000253. The van der Waals surface area contributed by atoms with E-state index >= 15 is 0 Å². The molecule has 2 aromatic heterocycles. The summed E-state index contributed by atoms with van der Waals surface area (Å²) in [6.07, 6.45) is 6.03. The van der Waals surface area contributed by atoms with E-state index in [0.29, 0.717) is 34.9 Å². The number of para-hydroxylation sites is 2. The van der Waals surface area contributed by atoms with Gasteiger partial charge in [-0.3, -0.25) is 30.2 Å². The molecule has 0 aliphatic heterocycles. The Morgan fingerprint density at radius 2 is 1.08 bits per heavy atom. The van der Waals surface area contributed by atoms with Gasteiger partial charge >= 0.3 is 11.4 Å². The topological polar surface area (TPSA) is 177 Å². The van der Waals surface area contributed by atoms with E-state index in [1.54, 1.807) is 48.8 Å². The minimum atomic E-state index is -0.720. The molecular formula is C24H18CoN6O6. The number of aliphatic imine (C=N–C) groups is 2.